The number of fused-ring (bicyclic) bond motifs is 2. The standard InChI is InChI=1S/C16H17N5/c1-12-10-15-16(18-7-9-21(15)19-12)20-8-6-17-11-13-4-2-3-5-14(13)20/h2-5,7,9-10,17H,6,8,11H2,1H3. The van der Waals surface area contributed by atoms with Crippen molar-refractivity contribution < 1.29 is 0 Å². The molecule has 0 aliphatic carbocycles. The lowest BCUT2D eigenvalue weighted by Crippen LogP contribution is -2.25. The maximum absolute atomic E-state index is 4.62. The van der Waals surface area contributed by atoms with Gasteiger partial charge in [0.15, 0.2) is 5.82 Å². The Labute approximate surface area is 123 Å². The number of para-hydroxylation sites is 1. The Morgan fingerprint density at radius 3 is 3.10 bits per heavy atom. The first-order valence-corrected chi connectivity index (χ1v) is 7.20. The number of hydrogen-bond donors (Lipinski definition) is 1. The Morgan fingerprint density at radius 2 is 2.14 bits per heavy atom. The third-order valence-electron chi connectivity index (χ3n) is 3.86. The van der Waals surface area contributed by atoms with Gasteiger partial charge < -0.3 is 10.2 Å². The van der Waals surface area contributed by atoms with Gasteiger partial charge in [0.25, 0.3) is 0 Å². The second-order valence-electron chi connectivity index (χ2n) is 5.32. The predicted octanol–water partition coefficient (Wildman–Crippen LogP) is 2.28. The van der Waals surface area contributed by atoms with Crippen molar-refractivity contribution in [3.8, 4) is 0 Å². The van der Waals surface area contributed by atoms with Gasteiger partial charge in [0.05, 0.1) is 5.69 Å². The van der Waals surface area contributed by atoms with Crippen LogP contribution >= 0.6 is 0 Å². The molecule has 0 saturated carbocycles. The normalized spacial score (nSPS) is 15.0. The van der Waals surface area contributed by atoms with E-state index in [9.17, 15) is 0 Å². The molecule has 0 saturated heterocycles. The summed E-state index contributed by atoms with van der Waals surface area (Å²) >= 11 is 0. The summed E-state index contributed by atoms with van der Waals surface area (Å²) in [5.74, 6) is 0.967. The van der Waals surface area contributed by atoms with Gasteiger partial charge in [0.1, 0.15) is 5.52 Å². The molecular formula is C16H17N5. The van der Waals surface area contributed by atoms with E-state index >= 15 is 0 Å². The summed E-state index contributed by atoms with van der Waals surface area (Å²) in [4.78, 5) is 6.91. The molecule has 5 nitrogen and oxygen atoms in total. The Hall–Kier alpha value is -2.40. The number of rotatable bonds is 1. The molecule has 0 fully saturated rings. The zero-order valence-electron chi connectivity index (χ0n) is 12.0. The van der Waals surface area contributed by atoms with Crippen LogP contribution in [0.3, 0.4) is 0 Å². The minimum atomic E-state index is 0.897. The number of anilines is 2. The monoisotopic (exact) mass is 279 g/mol. The highest BCUT2D eigenvalue weighted by atomic mass is 15.3. The van der Waals surface area contributed by atoms with Crippen molar-refractivity contribution in [2.24, 2.45) is 0 Å². The van der Waals surface area contributed by atoms with Crippen LogP contribution in [0.25, 0.3) is 5.52 Å². The van der Waals surface area contributed by atoms with Gasteiger partial charge in [0.2, 0.25) is 0 Å². The number of aryl methyl sites for hydroxylation is 1. The molecule has 0 amide bonds. The molecular weight excluding hydrogens is 262 g/mol. The van der Waals surface area contributed by atoms with Gasteiger partial charge in [-0.2, -0.15) is 5.10 Å². The molecule has 0 atom stereocenters. The summed E-state index contributed by atoms with van der Waals surface area (Å²) < 4.78 is 1.90. The van der Waals surface area contributed by atoms with Gasteiger partial charge in [-0.15, -0.1) is 0 Å². The molecule has 21 heavy (non-hydrogen) atoms. The Kier molecular flexibility index (Phi) is 2.86. The zero-order chi connectivity index (χ0) is 14.2. The summed E-state index contributed by atoms with van der Waals surface area (Å²) in [5, 5.41) is 7.95. The molecule has 5 heteroatoms. The van der Waals surface area contributed by atoms with Gasteiger partial charge in [-0.25, -0.2) is 9.50 Å². The second kappa shape index (κ2) is 4.86. The van der Waals surface area contributed by atoms with Gasteiger partial charge in [0, 0.05) is 37.7 Å². The lowest BCUT2D eigenvalue weighted by molar-refractivity contribution is 0.711. The third kappa shape index (κ3) is 2.06. The van der Waals surface area contributed by atoms with Crippen LogP contribution in [-0.4, -0.2) is 27.7 Å². The van der Waals surface area contributed by atoms with Crippen LogP contribution in [0.2, 0.25) is 0 Å². The lowest BCUT2D eigenvalue weighted by atomic mass is 10.1. The number of nitrogens with zero attached hydrogens (tertiary/aromatic N) is 4. The van der Waals surface area contributed by atoms with Gasteiger partial charge >= 0.3 is 0 Å². The van der Waals surface area contributed by atoms with E-state index in [1.165, 1.54) is 11.3 Å². The SMILES string of the molecule is Cc1cc2c(N3CCNCc4ccccc43)nccn2n1. The van der Waals surface area contributed by atoms with Crippen LogP contribution in [-0.2, 0) is 6.54 Å². The van der Waals surface area contributed by atoms with Gasteiger partial charge in [-0.3, -0.25) is 0 Å². The maximum Gasteiger partial charge on any atom is 0.159 e. The largest absolute Gasteiger partial charge is 0.323 e. The minimum Gasteiger partial charge on any atom is -0.323 e. The minimum absolute atomic E-state index is 0.897. The Morgan fingerprint density at radius 1 is 1.24 bits per heavy atom. The van der Waals surface area contributed by atoms with Crippen LogP contribution in [0.1, 0.15) is 11.3 Å². The number of hydrogen-bond acceptors (Lipinski definition) is 4. The predicted molar refractivity (Wildman–Crippen MR) is 82.9 cm³/mol. The summed E-state index contributed by atoms with van der Waals surface area (Å²) in [6.45, 7) is 4.74. The summed E-state index contributed by atoms with van der Waals surface area (Å²) in [7, 11) is 0. The first kappa shape index (κ1) is 12.3. The third-order valence-corrected chi connectivity index (χ3v) is 3.86. The molecule has 1 N–H and O–H groups in total. The highest BCUT2D eigenvalue weighted by Crippen LogP contribution is 2.31. The van der Waals surface area contributed by atoms with E-state index in [1.807, 2.05) is 23.8 Å². The molecule has 0 bridgehead atoms. The first-order valence-electron chi connectivity index (χ1n) is 7.20. The van der Waals surface area contributed by atoms with Gasteiger partial charge in [-0.05, 0) is 24.6 Å². The topological polar surface area (TPSA) is 45.5 Å². The summed E-state index contributed by atoms with van der Waals surface area (Å²) in [5.41, 5.74) is 4.58. The van der Waals surface area contributed by atoms with Crippen molar-refractivity contribution in [1.29, 1.82) is 0 Å². The molecule has 1 aliphatic heterocycles. The maximum atomic E-state index is 4.62. The van der Waals surface area contributed by atoms with Crippen molar-refractivity contribution in [3.05, 3.63) is 54.0 Å². The molecule has 1 aliphatic rings. The first-order chi connectivity index (χ1) is 10.3. The smallest absolute Gasteiger partial charge is 0.159 e. The van der Waals surface area contributed by atoms with E-state index < -0.39 is 0 Å². The molecule has 0 radical (unpaired) electrons. The van der Waals surface area contributed by atoms with Crippen LogP contribution in [0, 0.1) is 6.92 Å². The van der Waals surface area contributed by atoms with Crippen molar-refractivity contribution in [3.63, 3.8) is 0 Å². The summed E-state index contributed by atoms with van der Waals surface area (Å²) in [6.07, 6.45) is 3.71. The molecule has 2 aromatic heterocycles. The number of aromatic nitrogens is 3. The average molecular weight is 279 g/mol. The Bertz CT molecular complexity index is 792. The van der Waals surface area contributed by atoms with E-state index in [1.54, 1.807) is 0 Å². The molecule has 1 aromatic carbocycles. The number of nitrogens with one attached hydrogen (secondary N) is 1. The Balaban J connectivity index is 1.92. The molecule has 4 rings (SSSR count). The fraction of sp³-hybridized carbons (Fsp3) is 0.250. The van der Waals surface area contributed by atoms with Crippen LogP contribution < -0.4 is 10.2 Å². The molecule has 3 heterocycles. The van der Waals surface area contributed by atoms with E-state index in [4.69, 9.17) is 0 Å². The fourth-order valence-corrected chi connectivity index (χ4v) is 2.92. The molecule has 0 unspecified atom stereocenters. The highest BCUT2D eigenvalue weighted by molar-refractivity contribution is 5.77. The summed E-state index contributed by atoms with van der Waals surface area (Å²) in [6, 6.07) is 10.6. The number of benzene rings is 1. The fourth-order valence-electron chi connectivity index (χ4n) is 2.92. The van der Waals surface area contributed by atoms with Gasteiger partial charge in [-0.1, -0.05) is 18.2 Å². The van der Waals surface area contributed by atoms with Crippen LogP contribution in [0.4, 0.5) is 11.5 Å². The quantitative estimate of drug-likeness (QED) is 0.742. The van der Waals surface area contributed by atoms with Crippen molar-refractivity contribution in [2.75, 3.05) is 18.0 Å². The van der Waals surface area contributed by atoms with E-state index in [0.29, 0.717) is 0 Å². The molecule has 0 spiro atoms. The van der Waals surface area contributed by atoms with Crippen molar-refractivity contribution >= 4 is 17.0 Å². The lowest BCUT2D eigenvalue weighted by Gasteiger charge is -2.24. The molecule has 3 aromatic rings. The van der Waals surface area contributed by atoms with Crippen LogP contribution in [0.15, 0.2) is 42.7 Å². The average Bonchev–Trinajstić information content (AvgIpc) is 2.76. The van der Waals surface area contributed by atoms with Crippen molar-refractivity contribution in [1.82, 2.24) is 19.9 Å². The second-order valence-corrected chi connectivity index (χ2v) is 5.32. The van der Waals surface area contributed by atoms with E-state index in [2.05, 4.69) is 50.6 Å². The highest BCUT2D eigenvalue weighted by Gasteiger charge is 2.19. The van der Waals surface area contributed by atoms with E-state index in [-0.39, 0.29) is 0 Å². The van der Waals surface area contributed by atoms with Crippen LogP contribution in [0.5, 0.6) is 0 Å². The zero-order valence-corrected chi connectivity index (χ0v) is 12.0. The van der Waals surface area contributed by atoms with E-state index in [0.717, 1.165) is 36.7 Å². The van der Waals surface area contributed by atoms with Crippen molar-refractivity contribution in [2.45, 2.75) is 13.5 Å². The molecule has 106 valence electrons.